The quantitative estimate of drug-likeness (QED) is 0.564. The number of aryl methyl sites for hydroxylation is 1. The molecule has 0 bridgehead atoms. The minimum Gasteiger partial charge on any atom is -0.349 e. The lowest BCUT2D eigenvalue weighted by Gasteiger charge is -2.17. The topological polar surface area (TPSA) is 59.8 Å². The first kappa shape index (κ1) is 20.4. The van der Waals surface area contributed by atoms with Crippen LogP contribution < -0.4 is 5.32 Å². The van der Waals surface area contributed by atoms with Gasteiger partial charge in [0.1, 0.15) is 0 Å². The molecule has 1 amide bonds. The summed E-state index contributed by atoms with van der Waals surface area (Å²) in [5.41, 5.74) is 3.14. The van der Waals surface area contributed by atoms with E-state index in [1.165, 1.54) is 17.3 Å². The van der Waals surface area contributed by atoms with Gasteiger partial charge in [-0.15, -0.1) is 10.2 Å². The lowest BCUT2D eigenvalue weighted by molar-refractivity contribution is -0.119. The Kier molecular flexibility index (Phi) is 6.75. The smallest absolute Gasteiger partial charge is 0.230 e. The van der Waals surface area contributed by atoms with Crippen molar-refractivity contribution < 1.29 is 4.79 Å². The van der Waals surface area contributed by atoms with Crippen LogP contribution >= 0.6 is 23.4 Å². The summed E-state index contributed by atoms with van der Waals surface area (Å²) in [6.45, 7) is 4.12. The molecule has 0 aliphatic rings. The first-order valence-electron chi connectivity index (χ1n) is 9.12. The zero-order valence-corrected chi connectivity index (χ0v) is 17.7. The number of halogens is 1. The molecule has 0 aliphatic carbocycles. The van der Waals surface area contributed by atoms with Gasteiger partial charge in [0.05, 0.1) is 16.8 Å². The summed E-state index contributed by atoms with van der Waals surface area (Å²) in [7, 11) is 1.88. The van der Waals surface area contributed by atoms with Crippen LogP contribution in [0.2, 0.25) is 5.02 Å². The molecule has 0 saturated heterocycles. The van der Waals surface area contributed by atoms with Gasteiger partial charge in [-0.2, -0.15) is 0 Å². The van der Waals surface area contributed by atoms with E-state index in [2.05, 4.69) is 53.6 Å². The number of hydrogen-bond acceptors (Lipinski definition) is 4. The van der Waals surface area contributed by atoms with E-state index in [4.69, 9.17) is 11.6 Å². The number of hydrogen-bond donors (Lipinski definition) is 1. The van der Waals surface area contributed by atoms with Crippen LogP contribution in [0.4, 0.5) is 0 Å². The molecule has 146 valence electrons. The Morgan fingerprint density at radius 2 is 1.89 bits per heavy atom. The zero-order valence-electron chi connectivity index (χ0n) is 16.1. The molecule has 0 spiro atoms. The first-order valence-corrected chi connectivity index (χ1v) is 10.5. The van der Waals surface area contributed by atoms with E-state index in [1.54, 1.807) is 0 Å². The Morgan fingerprint density at radius 1 is 1.18 bits per heavy atom. The molecule has 3 aromatic rings. The number of nitrogens with zero attached hydrogens (tertiary/aromatic N) is 3. The monoisotopic (exact) mass is 414 g/mol. The number of benzene rings is 2. The second-order valence-electron chi connectivity index (χ2n) is 6.57. The average molecular weight is 415 g/mol. The van der Waals surface area contributed by atoms with Crippen molar-refractivity contribution in [1.82, 2.24) is 20.1 Å². The molecule has 0 unspecified atom stereocenters. The molecule has 1 heterocycles. The highest BCUT2D eigenvalue weighted by atomic mass is 35.5. The fourth-order valence-corrected chi connectivity index (χ4v) is 3.85. The van der Waals surface area contributed by atoms with Crippen molar-refractivity contribution in [1.29, 1.82) is 0 Å². The molecule has 0 radical (unpaired) electrons. The van der Waals surface area contributed by atoms with Crippen LogP contribution in [0.1, 0.15) is 30.5 Å². The summed E-state index contributed by atoms with van der Waals surface area (Å²) in [5, 5.41) is 12.8. The third kappa shape index (κ3) is 4.75. The summed E-state index contributed by atoms with van der Waals surface area (Å²) in [6.07, 6.45) is 0.833. The SMILES string of the molecule is CC[C@@H](NC(=O)CSc1nnc(-c2ccccc2Cl)n1C)c1ccc(C)cc1. The fourth-order valence-electron chi connectivity index (χ4n) is 2.90. The van der Waals surface area contributed by atoms with Crippen LogP contribution in [0, 0.1) is 6.92 Å². The molecule has 3 rings (SSSR count). The van der Waals surface area contributed by atoms with Gasteiger partial charge in [0.25, 0.3) is 0 Å². The molecule has 1 atom stereocenters. The van der Waals surface area contributed by atoms with Crippen LogP contribution in [0.5, 0.6) is 0 Å². The lowest BCUT2D eigenvalue weighted by atomic mass is 10.0. The van der Waals surface area contributed by atoms with Crippen LogP contribution in [-0.4, -0.2) is 26.4 Å². The number of carbonyl (C=O) groups excluding carboxylic acids is 1. The van der Waals surface area contributed by atoms with E-state index >= 15 is 0 Å². The normalized spacial score (nSPS) is 12.0. The van der Waals surface area contributed by atoms with E-state index in [0.717, 1.165) is 17.5 Å². The van der Waals surface area contributed by atoms with E-state index < -0.39 is 0 Å². The zero-order chi connectivity index (χ0) is 20.1. The predicted octanol–water partition coefficient (Wildman–Crippen LogP) is 4.80. The molecule has 7 heteroatoms. The summed E-state index contributed by atoms with van der Waals surface area (Å²) in [5.74, 6) is 0.927. The van der Waals surface area contributed by atoms with Gasteiger partial charge >= 0.3 is 0 Å². The van der Waals surface area contributed by atoms with Crippen molar-refractivity contribution >= 4 is 29.3 Å². The first-order chi connectivity index (χ1) is 13.5. The second kappa shape index (κ2) is 9.26. The highest BCUT2D eigenvalue weighted by Gasteiger charge is 2.16. The van der Waals surface area contributed by atoms with Crippen molar-refractivity contribution in [2.45, 2.75) is 31.5 Å². The molecule has 5 nitrogen and oxygen atoms in total. The van der Waals surface area contributed by atoms with Gasteiger partial charge in [-0.3, -0.25) is 4.79 Å². The number of amides is 1. The number of rotatable bonds is 7. The number of carbonyl (C=O) groups is 1. The van der Waals surface area contributed by atoms with Gasteiger partial charge in [-0.1, -0.05) is 72.2 Å². The summed E-state index contributed by atoms with van der Waals surface area (Å²) in [6, 6.07) is 15.8. The van der Waals surface area contributed by atoms with Gasteiger partial charge < -0.3 is 9.88 Å². The maximum Gasteiger partial charge on any atom is 0.230 e. The summed E-state index contributed by atoms with van der Waals surface area (Å²) >= 11 is 7.62. The maximum atomic E-state index is 12.5. The van der Waals surface area contributed by atoms with Crippen LogP contribution in [0.25, 0.3) is 11.4 Å². The minimum absolute atomic E-state index is 0.00637. The van der Waals surface area contributed by atoms with Crippen LogP contribution in [-0.2, 0) is 11.8 Å². The summed E-state index contributed by atoms with van der Waals surface area (Å²) < 4.78 is 1.86. The van der Waals surface area contributed by atoms with Crippen molar-refractivity contribution in [3.05, 3.63) is 64.7 Å². The highest BCUT2D eigenvalue weighted by molar-refractivity contribution is 7.99. The average Bonchev–Trinajstić information content (AvgIpc) is 3.06. The Balaban J connectivity index is 1.63. The Bertz CT molecular complexity index is 955. The molecule has 0 aliphatic heterocycles. The van der Waals surface area contributed by atoms with Gasteiger partial charge in [-0.05, 0) is 31.0 Å². The Morgan fingerprint density at radius 3 is 2.57 bits per heavy atom. The Hall–Kier alpha value is -2.31. The van der Waals surface area contributed by atoms with Crippen molar-refractivity contribution in [2.75, 3.05) is 5.75 Å². The maximum absolute atomic E-state index is 12.5. The lowest BCUT2D eigenvalue weighted by Crippen LogP contribution is -2.29. The molecular formula is C21H23ClN4OS. The molecule has 0 fully saturated rings. The number of aromatic nitrogens is 3. The van der Waals surface area contributed by atoms with E-state index in [0.29, 0.717) is 16.0 Å². The molecule has 1 aromatic heterocycles. The second-order valence-corrected chi connectivity index (χ2v) is 7.92. The van der Waals surface area contributed by atoms with Crippen LogP contribution in [0.3, 0.4) is 0 Å². The molecule has 2 aromatic carbocycles. The van der Waals surface area contributed by atoms with Crippen molar-refractivity contribution in [2.24, 2.45) is 7.05 Å². The van der Waals surface area contributed by atoms with Crippen LogP contribution in [0.15, 0.2) is 53.7 Å². The van der Waals surface area contributed by atoms with Gasteiger partial charge in [0.2, 0.25) is 5.91 Å². The molecule has 1 N–H and O–H groups in total. The molecular weight excluding hydrogens is 392 g/mol. The third-order valence-corrected chi connectivity index (χ3v) is 5.86. The number of nitrogens with one attached hydrogen (secondary N) is 1. The Labute approximate surface area is 174 Å². The van der Waals surface area contributed by atoms with E-state index in [1.807, 2.05) is 35.9 Å². The summed E-state index contributed by atoms with van der Waals surface area (Å²) in [4.78, 5) is 12.5. The third-order valence-electron chi connectivity index (χ3n) is 4.51. The van der Waals surface area contributed by atoms with E-state index in [9.17, 15) is 4.79 Å². The van der Waals surface area contributed by atoms with Gasteiger partial charge in [0, 0.05) is 12.6 Å². The van der Waals surface area contributed by atoms with Gasteiger partial charge in [-0.25, -0.2) is 0 Å². The highest BCUT2D eigenvalue weighted by Crippen LogP contribution is 2.28. The number of thioether (sulfide) groups is 1. The van der Waals surface area contributed by atoms with E-state index in [-0.39, 0.29) is 17.7 Å². The van der Waals surface area contributed by atoms with Crippen molar-refractivity contribution in [3.8, 4) is 11.4 Å². The van der Waals surface area contributed by atoms with Crippen molar-refractivity contribution in [3.63, 3.8) is 0 Å². The largest absolute Gasteiger partial charge is 0.349 e. The molecule has 28 heavy (non-hydrogen) atoms. The molecule has 0 saturated carbocycles. The van der Waals surface area contributed by atoms with Gasteiger partial charge in [0.15, 0.2) is 11.0 Å². The fraction of sp³-hybridized carbons (Fsp3) is 0.286. The standard InChI is InChI=1S/C21H23ClN4OS/c1-4-18(15-11-9-14(2)10-12-15)23-19(27)13-28-21-25-24-20(26(21)3)16-7-5-6-8-17(16)22/h5-12,18H,4,13H2,1-3H3,(H,23,27)/t18-/m1/s1. The minimum atomic E-state index is -0.0280. The predicted molar refractivity (Wildman–Crippen MR) is 115 cm³/mol.